The van der Waals surface area contributed by atoms with E-state index < -0.39 is 0 Å². The van der Waals surface area contributed by atoms with Crippen LogP contribution in [0.25, 0.3) is 0 Å². The highest BCUT2D eigenvalue weighted by Crippen LogP contribution is 2.31. The van der Waals surface area contributed by atoms with Crippen LogP contribution in [0.1, 0.15) is 37.7 Å². The van der Waals surface area contributed by atoms with Gasteiger partial charge in [-0.25, -0.2) is 0 Å². The Hall–Kier alpha value is -1.35. The quantitative estimate of drug-likeness (QED) is 0.875. The van der Waals surface area contributed by atoms with Crippen molar-refractivity contribution in [3.63, 3.8) is 0 Å². The fourth-order valence-electron chi connectivity index (χ4n) is 2.86. The van der Waals surface area contributed by atoms with Gasteiger partial charge in [0.15, 0.2) is 0 Å². The van der Waals surface area contributed by atoms with Gasteiger partial charge in [0.25, 0.3) is 0 Å². The van der Waals surface area contributed by atoms with Gasteiger partial charge in [-0.15, -0.1) is 0 Å². The number of aliphatic hydroxyl groups excluding tert-OH is 1. The van der Waals surface area contributed by atoms with E-state index in [1.165, 1.54) is 0 Å². The first-order chi connectivity index (χ1) is 9.19. The molecular weight excluding hydrogens is 238 g/mol. The number of aliphatic hydroxyl groups is 1. The van der Waals surface area contributed by atoms with Crippen molar-refractivity contribution in [3.8, 4) is 0 Å². The number of benzene rings is 1. The number of anilines is 1. The zero-order valence-corrected chi connectivity index (χ0v) is 11.6. The molecule has 3 nitrogen and oxygen atoms in total. The molecule has 1 aliphatic rings. The lowest BCUT2D eigenvalue weighted by Gasteiger charge is -2.27. The molecule has 0 saturated heterocycles. The van der Waals surface area contributed by atoms with Gasteiger partial charge >= 0.3 is 0 Å². The molecule has 0 aliphatic heterocycles. The first-order valence-electron chi connectivity index (χ1n) is 7.17. The van der Waals surface area contributed by atoms with Crippen molar-refractivity contribution < 1.29 is 9.90 Å². The van der Waals surface area contributed by atoms with E-state index in [-0.39, 0.29) is 18.4 Å². The average Bonchev–Trinajstić information content (AvgIpc) is 2.40. The van der Waals surface area contributed by atoms with E-state index in [1.807, 2.05) is 31.2 Å². The predicted molar refractivity (Wildman–Crippen MR) is 77.0 cm³/mol. The Labute approximate surface area is 115 Å². The summed E-state index contributed by atoms with van der Waals surface area (Å²) in [6, 6.07) is 7.91. The van der Waals surface area contributed by atoms with Gasteiger partial charge in [-0.05, 0) is 62.6 Å². The van der Waals surface area contributed by atoms with Crippen molar-refractivity contribution in [2.24, 2.45) is 11.8 Å². The molecular formula is C16H23NO2. The van der Waals surface area contributed by atoms with Crippen molar-refractivity contribution in [3.05, 3.63) is 29.8 Å². The minimum absolute atomic E-state index is 0.135. The summed E-state index contributed by atoms with van der Waals surface area (Å²) in [6.45, 7) is 2.29. The summed E-state index contributed by atoms with van der Waals surface area (Å²) in [5.74, 6) is 0.886. The van der Waals surface area contributed by atoms with Crippen LogP contribution in [-0.4, -0.2) is 17.6 Å². The summed E-state index contributed by atoms with van der Waals surface area (Å²) in [6.07, 6.45) is 4.90. The van der Waals surface area contributed by atoms with E-state index >= 15 is 0 Å². The second kappa shape index (κ2) is 6.71. The fraction of sp³-hybridized carbons (Fsp3) is 0.562. The third-order valence-electron chi connectivity index (χ3n) is 4.04. The summed E-state index contributed by atoms with van der Waals surface area (Å²) in [7, 11) is 0. The van der Waals surface area contributed by atoms with Crippen LogP contribution >= 0.6 is 0 Å². The number of carbonyl (C=O) groups is 1. The van der Waals surface area contributed by atoms with Gasteiger partial charge in [0.2, 0.25) is 5.91 Å². The highest BCUT2D eigenvalue weighted by molar-refractivity contribution is 5.92. The minimum Gasteiger partial charge on any atom is -0.396 e. The SMILES string of the molecule is Cc1cccc(NC(=O)C2CCC(CCO)CC2)c1. The first kappa shape index (κ1) is 14.1. The van der Waals surface area contributed by atoms with Gasteiger partial charge in [-0.2, -0.15) is 0 Å². The molecule has 104 valence electrons. The number of amides is 1. The lowest BCUT2D eigenvalue weighted by molar-refractivity contribution is -0.121. The summed E-state index contributed by atoms with van der Waals surface area (Å²) >= 11 is 0. The molecule has 0 spiro atoms. The van der Waals surface area contributed by atoms with E-state index in [2.05, 4.69) is 5.32 Å². The fourth-order valence-corrected chi connectivity index (χ4v) is 2.86. The van der Waals surface area contributed by atoms with Crippen molar-refractivity contribution in [1.82, 2.24) is 0 Å². The maximum absolute atomic E-state index is 12.2. The Morgan fingerprint density at radius 1 is 1.32 bits per heavy atom. The second-order valence-electron chi connectivity index (χ2n) is 5.59. The molecule has 1 saturated carbocycles. The van der Waals surface area contributed by atoms with Crippen molar-refractivity contribution in [1.29, 1.82) is 0 Å². The summed E-state index contributed by atoms with van der Waals surface area (Å²) in [5.41, 5.74) is 2.05. The molecule has 0 bridgehead atoms. The summed E-state index contributed by atoms with van der Waals surface area (Å²) < 4.78 is 0. The highest BCUT2D eigenvalue weighted by atomic mass is 16.3. The number of carbonyl (C=O) groups excluding carboxylic acids is 1. The maximum Gasteiger partial charge on any atom is 0.227 e. The normalized spacial score (nSPS) is 23.1. The molecule has 1 aromatic rings. The molecule has 0 radical (unpaired) electrons. The van der Waals surface area contributed by atoms with Crippen molar-refractivity contribution in [2.75, 3.05) is 11.9 Å². The zero-order valence-electron chi connectivity index (χ0n) is 11.6. The molecule has 2 rings (SSSR count). The van der Waals surface area contributed by atoms with Gasteiger partial charge < -0.3 is 10.4 Å². The smallest absolute Gasteiger partial charge is 0.227 e. The first-order valence-corrected chi connectivity index (χ1v) is 7.17. The molecule has 1 amide bonds. The molecule has 0 atom stereocenters. The standard InChI is InChI=1S/C16H23NO2/c1-12-3-2-4-15(11-12)17-16(19)14-7-5-13(6-8-14)9-10-18/h2-4,11,13-14,18H,5-10H2,1H3,(H,17,19). The van der Waals surface area contributed by atoms with Crippen molar-refractivity contribution >= 4 is 11.6 Å². The topological polar surface area (TPSA) is 49.3 Å². The number of hydrogen-bond donors (Lipinski definition) is 2. The molecule has 0 aromatic heterocycles. The van der Waals surface area contributed by atoms with E-state index in [1.54, 1.807) is 0 Å². The third kappa shape index (κ3) is 4.06. The van der Waals surface area contributed by atoms with Gasteiger partial charge in [-0.3, -0.25) is 4.79 Å². The Kier molecular flexibility index (Phi) is 4.97. The molecule has 1 aliphatic carbocycles. The highest BCUT2D eigenvalue weighted by Gasteiger charge is 2.25. The maximum atomic E-state index is 12.2. The van der Waals surface area contributed by atoms with Crippen LogP contribution in [-0.2, 0) is 4.79 Å². The van der Waals surface area contributed by atoms with Crippen LogP contribution < -0.4 is 5.32 Å². The lowest BCUT2D eigenvalue weighted by Crippen LogP contribution is -2.27. The zero-order chi connectivity index (χ0) is 13.7. The lowest BCUT2D eigenvalue weighted by atomic mass is 9.80. The van der Waals surface area contributed by atoms with Gasteiger partial charge in [0, 0.05) is 18.2 Å². The second-order valence-corrected chi connectivity index (χ2v) is 5.59. The molecule has 0 unspecified atom stereocenters. The Morgan fingerprint density at radius 3 is 2.68 bits per heavy atom. The van der Waals surface area contributed by atoms with Crippen LogP contribution in [0.4, 0.5) is 5.69 Å². The van der Waals surface area contributed by atoms with Gasteiger partial charge in [0.05, 0.1) is 0 Å². The van der Waals surface area contributed by atoms with Crippen molar-refractivity contribution in [2.45, 2.75) is 39.0 Å². The van der Waals surface area contributed by atoms with E-state index in [9.17, 15) is 4.79 Å². The summed E-state index contributed by atoms with van der Waals surface area (Å²) in [4.78, 5) is 12.2. The van der Waals surface area contributed by atoms with Crippen LogP contribution in [0.5, 0.6) is 0 Å². The van der Waals surface area contributed by atoms with E-state index in [0.717, 1.165) is 43.4 Å². The molecule has 2 N–H and O–H groups in total. The molecule has 3 heteroatoms. The van der Waals surface area contributed by atoms with Gasteiger partial charge in [-0.1, -0.05) is 12.1 Å². The predicted octanol–water partition coefficient (Wildman–Crippen LogP) is 3.12. The van der Waals surface area contributed by atoms with Crippen LogP contribution in [0.3, 0.4) is 0 Å². The van der Waals surface area contributed by atoms with Crippen LogP contribution in [0.2, 0.25) is 0 Å². The van der Waals surface area contributed by atoms with Gasteiger partial charge in [0.1, 0.15) is 0 Å². The molecule has 1 aromatic carbocycles. The van der Waals surface area contributed by atoms with E-state index in [4.69, 9.17) is 5.11 Å². The number of nitrogens with one attached hydrogen (secondary N) is 1. The van der Waals surface area contributed by atoms with Crippen LogP contribution in [0.15, 0.2) is 24.3 Å². The number of hydrogen-bond acceptors (Lipinski definition) is 2. The molecule has 1 fully saturated rings. The van der Waals surface area contributed by atoms with Crippen LogP contribution in [0, 0.1) is 18.8 Å². The Morgan fingerprint density at radius 2 is 2.05 bits per heavy atom. The summed E-state index contributed by atoms with van der Waals surface area (Å²) in [5, 5.41) is 11.9. The number of rotatable bonds is 4. The number of aryl methyl sites for hydroxylation is 1. The van der Waals surface area contributed by atoms with E-state index in [0.29, 0.717) is 5.92 Å². The minimum atomic E-state index is 0.135. The average molecular weight is 261 g/mol. The Bertz CT molecular complexity index is 423. The Balaban J connectivity index is 1.84. The molecule has 19 heavy (non-hydrogen) atoms. The third-order valence-corrected chi connectivity index (χ3v) is 4.04. The molecule has 0 heterocycles. The monoisotopic (exact) mass is 261 g/mol. The largest absolute Gasteiger partial charge is 0.396 e.